The number of nitrogens with one attached hydrogen (secondary N) is 2. The molecule has 124 valence electrons. The molecule has 0 aliphatic carbocycles. The molecule has 4 nitrogen and oxygen atoms in total. The number of aryl methyl sites for hydroxylation is 1. The van der Waals surface area contributed by atoms with Gasteiger partial charge in [0.2, 0.25) is 0 Å². The van der Waals surface area contributed by atoms with Gasteiger partial charge in [-0.15, -0.1) is 34.4 Å². The van der Waals surface area contributed by atoms with Crippen molar-refractivity contribution in [2.24, 2.45) is 5.73 Å². The van der Waals surface area contributed by atoms with Crippen molar-refractivity contribution in [1.29, 1.82) is 5.41 Å². The highest BCUT2D eigenvalue weighted by molar-refractivity contribution is 9.10. The Labute approximate surface area is 161 Å². The van der Waals surface area contributed by atoms with Gasteiger partial charge in [-0.25, -0.2) is 4.98 Å². The summed E-state index contributed by atoms with van der Waals surface area (Å²) in [5.41, 5.74) is 8.75. The van der Waals surface area contributed by atoms with Gasteiger partial charge >= 0.3 is 0 Å². The van der Waals surface area contributed by atoms with E-state index < -0.39 is 0 Å². The molecule has 2 heterocycles. The number of hydrogen-bond acceptors (Lipinski definition) is 6. The number of anilines is 2. The third kappa shape index (κ3) is 4.38. The van der Waals surface area contributed by atoms with E-state index >= 15 is 0 Å². The van der Waals surface area contributed by atoms with Gasteiger partial charge in [-0.2, -0.15) is 0 Å². The third-order valence-electron chi connectivity index (χ3n) is 3.15. The van der Waals surface area contributed by atoms with Gasteiger partial charge in [0.15, 0.2) is 5.13 Å². The molecular weight excluding hydrogens is 424 g/mol. The van der Waals surface area contributed by atoms with Gasteiger partial charge in [0.05, 0.1) is 16.3 Å². The Kier molecular flexibility index (Phi) is 5.60. The summed E-state index contributed by atoms with van der Waals surface area (Å²) < 4.78 is 1.03. The Morgan fingerprint density at radius 3 is 2.88 bits per heavy atom. The zero-order chi connectivity index (χ0) is 17.1. The van der Waals surface area contributed by atoms with Crippen LogP contribution >= 0.6 is 50.4 Å². The lowest BCUT2D eigenvalue weighted by molar-refractivity contribution is 1.23. The van der Waals surface area contributed by atoms with Crippen LogP contribution in [0.3, 0.4) is 0 Å². The summed E-state index contributed by atoms with van der Waals surface area (Å²) in [7, 11) is 0. The van der Waals surface area contributed by atoms with Gasteiger partial charge in [0, 0.05) is 25.9 Å². The standard InChI is InChI=1S/C16H15BrN4S3/c1-9-2-3-13(12(17)4-9)21-16-20-10(7-24-16)6-22-11-5-14(15(18)19)23-8-11/h2-5,7-8H,6H2,1H3,(H3,18,19)(H,20,21). The van der Waals surface area contributed by atoms with E-state index in [1.807, 2.05) is 17.5 Å². The first kappa shape index (κ1) is 17.5. The number of halogens is 1. The molecule has 0 atom stereocenters. The van der Waals surface area contributed by atoms with Gasteiger partial charge in [-0.05, 0) is 46.6 Å². The lowest BCUT2D eigenvalue weighted by Crippen LogP contribution is -2.08. The number of rotatable bonds is 6. The topological polar surface area (TPSA) is 74.8 Å². The van der Waals surface area contributed by atoms with Crippen LogP contribution in [-0.2, 0) is 5.75 Å². The second-order valence-corrected chi connectivity index (χ2v) is 8.77. The Morgan fingerprint density at radius 2 is 2.17 bits per heavy atom. The predicted molar refractivity (Wildman–Crippen MR) is 109 cm³/mol. The quantitative estimate of drug-likeness (QED) is 0.266. The van der Waals surface area contributed by atoms with Crippen molar-refractivity contribution in [3.63, 3.8) is 0 Å². The van der Waals surface area contributed by atoms with Crippen molar-refractivity contribution in [2.45, 2.75) is 17.6 Å². The number of thioether (sulfide) groups is 1. The number of thiazole rings is 1. The van der Waals surface area contributed by atoms with Gasteiger partial charge in [-0.3, -0.25) is 5.41 Å². The zero-order valence-electron chi connectivity index (χ0n) is 12.8. The number of nitrogen functional groups attached to an aromatic ring is 1. The van der Waals surface area contributed by atoms with Crippen LogP contribution in [-0.4, -0.2) is 10.8 Å². The minimum atomic E-state index is 0.121. The second-order valence-electron chi connectivity index (χ2n) is 5.10. The molecule has 0 saturated carbocycles. The van der Waals surface area contributed by atoms with Crippen molar-refractivity contribution in [3.05, 3.63) is 55.6 Å². The van der Waals surface area contributed by atoms with Crippen LogP contribution in [0.15, 0.2) is 44.4 Å². The molecule has 0 fully saturated rings. The first-order valence-corrected chi connectivity index (χ1v) is 10.6. The summed E-state index contributed by atoms with van der Waals surface area (Å²) in [4.78, 5) is 6.56. The maximum absolute atomic E-state index is 7.44. The molecule has 1 aromatic carbocycles. The van der Waals surface area contributed by atoms with E-state index in [1.54, 1.807) is 23.1 Å². The smallest absolute Gasteiger partial charge is 0.187 e. The van der Waals surface area contributed by atoms with E-state index in [4.69, 9.17) is 11.1 Å². The highest BCUT2D eigenvalue weighted by Gasteiger charge is 2.07. The number of hydrogen-bond donors (Lipinski definition) is 3. The summed E-state index contributed by atoms with van der Waals surface area (Å²) in [6.07, 6.45) is 0. The SMILES string of the molecule is Cc1ccc(Nc2nc(CSc3csc(C(=N)N)c3)cs2)c(Br)c1. The highest BCUT2D eigenvalue weighted by Crippen LogP contribution is 2.31. The molecule has 8 heteroatoms. The lowest BCUT2D eigenvalue weighted by Gasteiger charge is -2.06. The van der Waals surface area contributed by atoms with Crippen LogP contribution in [0.5, 0.6) is 0 Å². The Morgan fingerprint density at radius 1 is 1.33 bits per heavy atom. The van der Waals surface area contributed by atoms with E-state index in [2.05, 4.69) is 50.7 Å². The number of nitrogens with zero attached hydrogens (tertiary/aromatic N) is 1. The Bertz CT molecular complexity index is 872. The number of nitrogens with two attached hydrogens (primary N) is 1. The number of benzene rings is 1. The lowest BCUT2D eigenvalue weighted by atomic mass is 10.2. The monoisotopic (exact) mass is 438 g/mol. The van der Waals surface area contributed by atoms with Gasteiger partial charge in [-0.1, -0.05) is 6.07 Å². The normalized spacial score (nSPS) is 10.8. The van der Waals surface area contributed by atoms with E-state index in [9.17, 15) is 0 Å². The Balaban J connectivity index is 1.61. The molecule has 0 unspecified atom stereocenters. The molecule has 24 heavy (non-hydrogen) atoms. The van der Waals surface area contributed by atoms with Crippen molar-refractivity contribution in [3.8, 4) is 0 Å². The zero-order valence-corrected chi connectivity index (χ0v) is 16.8. The average molecular weight is 439 g/mol. The van der Waals surface area contributed by atoms with E-state index in [1.165, 1.54) is 16.9 Å². The maximum Gasteiger partial charge on any atom is 0.187 e. The molecular formula is C16H15BrN4S3. The van der Waals surface area contributed by atoms with Crippen molar-refractivity contribution in [1.82, 2.24) is 4.98 Å². The van der Waals surface area contributed by atoms with E-state index in [-0.39, 0.29) is 5.84 Å². The van der Waals surface area contributed by atoms with E-state index in [0.717, 1.165) is 36.5 Å². The molecule has 0 aliphatic rings. The summed E-state index contributed by atoms with van der Waals surface area (Å²) in [6.45, 7) is 2.06. The van der Waals surface area contributed by atoms with Gasteiger partial charge in [0.25, 0.3) is 0 Å². The van der Waals surface area contributed by atoms with Crippen LogP contribution < -0.4 is 11.1 Å². The molecule has 0 saturated heterocycles. The second kappa shape index (κ2) is 7.69. The first-order valence-electron chi connectivity index (χ1n) is 7.04. The molecule has 0 aliphatic heterocycles. The number of thiophene rings is 1. The van der Waals surface area contributed by atoms with Crippen LogP contribution in [0.1, 0.15) is 16.1 Å². The van der Waals surface area contributed by atoms with Crippen LogP contribution in [0.4, 0.5) is 10.8 Å². The molecule has 3 rings (SSSR count). The summed E-state index contributed by atoms with van der Waals surface area (Å²) in [6, 6.07) is 8.15. The fourth-order valence-electron chi connectivity index (χ4n) is 1.96. The molecule has 2 aromatic heterocycles. The summed E-state index contributed by atoms with van der Waals surface area (Å²) in [5, 5.41) is 15.8. The number of amidine groups is 1. The molecule has 4 N–H and O–H groups in total. The minimum absolute atomic E-state index is 0.121. The van der Waals surface area contributed by atoms with Gasteiger partial charge in [0.1, 0.15) is 5.84 Å². The van der Waals surface area contributed by atoms with Crippen LogP contribution in [0, 0.1) is 12.3 Å². The fourth-order valence-corrected chi connectivity index (χ4v) is 5.17. The van der Waals surface area contributed by atoms with Crippen molar-refractivity contribution < 1.29 is 0 Å². The van der Waals surface area contributed by atoms with E-state index in [0.29, 0.717) is 0 Å². The molecule has 0 spiro atoms. The molecule has 3 aromatic rings. The number of aromatic nitrogens is 1. The third-order valence-corrected chi connectivity index (χ3v) is 6.73. The van der Waals surface area contributed by atoms with Crippen molar-refractivity contribution >= 4 is 67.0 Å². The molecule has 0 radical (unpaired) electrons. The van der Waals surface area contributed by atoms with Crippen LogP contribution in [0.2, 0.25) is 0 Å². The first-order chi connectivity index (χ1) is 11.5. The van der Waals surface area contributed by atoms with Crippen molar-refractivity contribution in [2.75, 3.05) is 5.32 Å². The average Bonchev–Trinajstić information content (AvgIpc) is 3.17. The molecule has 0 amide bonds. The highest BCUT2D eigenvalue weighted by atomic mass is 79.9. The predicted octanol–water partition coefficient (Wildman–Crippen LogP) is 5.60. The largest absolute Gasteiger partial charge is 0.383 e. The minimum Gasteiger partial charge on any atom is -0.383 e. The Hall–Kier alpha value is -1.35. The van der Waals surface area contributed by atoms with Gasteiger partial charge < -0.3 is 11.1 Å². The molecule has 0 bridgehead atoms. The summed E-state index contributed by atoms with van der Waals surface area (Å²) in [5.74, 6) is 0.914. The van der Waals surface area contributed by atoms with Crippen LogP contribution in [0.25, 0.3) is 0 Å². The maximum atomic E-state index is 7.44. The summed E-state index contributed by atoms with van der Waals surface area (Å²) >= 11 is 8.36. The fraction of sp³-hybridized carbons (Fsp3) is 0.125.